The second-order valence-corrected chi connectivity index (χ2v) is 7.98. The van der Waals surface area contributed by atoms with E-state index in [0.29, 0.717) is 23.4 Å². The molecule has 0 amide bonds. The van der Waals surface area contributed by atoms with Crippen LogP contribution >= 0.6 is 11.3 Å². The van der Waals surface area contributed by atoms with Gasteiger partial charge in [-0.2, -0.15) is 5.26 Å². The minimum atomic E-state index is -0.149. The van der Waals surface area contributed by atoms with Crippen LogP contribution in [0.2, 0.25) is 0 Å². The highest BCUT2D eigenvalue weighted by Gasteiger charge is 2.20. The number of ether oxygens (including phenoxy) is 1. The van der Waals surface area contributed by atoms with Gasteiger partial charge in [-0.05, 0) is 61.4 Å². The Hall–Kier alpha value is -2.91. The van der Waals surface area contributed by atoms with Gasteiger partial charge in [0.05, 0.1) is 17.6 Å². The van der Waals surface area contributed by atoms with Gasteiger partial charge in [-0.25, -0.2) is 4.98 Å². The second-order valence-electron chi connectivity index (χ2n) is 6.89. The molecule has 0 saturated carbocycles. The number of aromatic nitrogens is 2. The molecule has 5 nitrogen and oxygen atoms in total. The average molecular weight is 391 g/mol. The van der Waals surface area contributed by atoms with Crippen LogP contribution in [0.15, 0.2) is 29.1 Å². The zero-order valence-electron chi connectivity index (χ0n) is 15.7. The lowest BCUT2D eigenvalue weighted by molar-refractivity contribution is 0.317. The van der Waals surface area contributed by atoms with E-state index in [9.17, 15) is 10.1 Å². The van der Waals surface area contributed by atoms with Crippen molar-refractivity contribution in [3.63, 3.8) is 0 Å². The standard InChI is InChI=1S/C22H21N3O2S/c1-2-11-27-16-9-7-14(8-10-16)12-15(13-23)20-24-21(26)19-17-5-3-4-6-18(17)28-22(19)25-20/h7-10,12H,2-6,11H2,1H3,(H,24,25,26). The van der Waals surface area contributed by atoms with Gasteiger partial charge in [0.25, 0.3) is 5.56 Å². The number of fused-ring (bicyclic) bond motifs is 3. The van der Waals surface area contributed by atoms with E-state index in [2.05, 4.69) is 23.0 Å². The fourth-order valence-corrected chi connectivity index (χ4v) is 4.75. The molecule has 4 rings (SSSR count). The minimum Gasteiger partial charge on any atom is -0.494 e. The predicted octanol–water partition coefficient (Wildman–Crippen LogP) is 4.72. The molecule has 0 atom stereocenters. The van der Waals surface area contributed by atoms with E-state index in [1.165, 1.54) is 4.88 Å². The fraction of sp³-hybridized carbons (Fsp3) is 0.318. The van der Waals surface area contributed by atoms with Crippen molar-refractivity contribution >= 4 is 33.2 Å². The van der Waals surface area contributed by atoms with Gasteiger partial charge in [0.1, 0.15) is 16.6 Å². The van der Waals surface area contributed by atoms with Gasteiger partial charge in [-0.1, -0.05) is 19.1 Å². The molecular weight excluding hydrogens is 370 g/mol. The van der Waals surface area contributed by atoms with E-state index >= 15 is 0 Å². The van der Waals surface area contributed by atoms with Crippen molar-refractivity contribution in [2.45, 2.75) is 39.0 Å². The van der Waals surface area contributed by atoms with Crippen LogP contribution in [-0.2, 0) is 12.8 Å². The van der Waals surface area contributed by atoms with Gasteiger partial charge in [0, 0.05) is 4.88 Å². The maximum absolute atomic E-state index is 12.7. The molecule has 2 aromatic heterocycles. The molecule has 28 heavy (non-hydrogen) atoms. The summed E-state index contributed by atoms with van der Waals surface area (Å²) < 4.78 is 5.59. The largest absolute Gasteiger partial charge is 0.494 e. The Kier molecular flexibility index (Phi) is 5.27. The van der Waals surface area contributed by atoms with Crippen LogP contribution in [-0.4, -0.2) is 16.6 Å². The molecular formula is C22H21N3O2S. The Morgan fingerprint density at radius 3 is 2.86 bits per heavy atom. The number of nitrogens with one attached hydrogen (secondary N) is 1. The quantitative estimate of drug-likeness (QED) is 0.639. The van der Waals surface area contributed by atoms with Gasteiger partial charge in [0.2, 0.25) is 0 Å². The highest BCUT2D eigenvalue weighted by molar-refractivity contribution is 7.18. The van der Waals surface area contributed by atoms with Crippen molar-refractivity contribution in [2.75, 3.05) is 6.61 Å². The summed E-state index contributed by atoms with van der Waals surface area (Å²) in [5, 5.41) is 10.3. The Balaban J connectivity index is 1.70. The average Bonchev–Trinajstić information content (AvgIpc) is 3.10. The molecule has 0 saturated heterocycles. The van der Waals surface area contributed by atoms with E-state index in [4.69, 9.17) is 4.74 Å². The third-order valence-electron chi connectivity index (χ3n) is 4.86. The lowest BCUT2D eigenvalue weighted by atomic mass is 9.97. The maximum Gasteiger partial charge on any atom is 0.260 e. The summed E-state index contributed by atoms with van der Waals surface area (Å²) in [5.74, 6) is 1.12. The first-order valence-corrected chi connectivity index (χ1v) is 10.4. The number of H-pyrrole nitrogens is 1. The van der Waals surface area contributed by atoms with Crippen molar-refractivity contribution < 1.29 is 4.74 Å². The first-order valence-electron chi connectivity index (χ1n) is 9.59. The van der Waals surface area contributed by atoms with Gasteiger partial charge >= 0.3 is 0 Å². The number of thiophene rings is 1. The molecule has 0 unspecified atom stereocenters. The zero-order chi connectivity index (χ0) is 19.5. The van der Waals surface area contributed by atoms with E-state index in [-0.39, 0.29) is 5.56 Å². The van der Waals surface area contributed by atoms with Gasteiger partial charge in [-0.15, -0.1) is 11.3 Å². The van der Waals surface area contributed by atoms with E-state index in [0.717, 1.165) is 53.8 Å². The lowest BCUT2D eigenvalue weighted by Gasteiger charge is -2.09. The predicted molar refractivity (Wildman–Crippen MR) is 113 cm³/mol. The minimum absolute atomic E-state index is 0.149. The number of hydrogen-bond acceptors (Lipinski definition) is 5. The van der Waals surface area contributed by atoms with Crippen molar-refractivity contribution in [3.05, 3.63) is 56.4 Å². The van der Waals surface area contributed by atoms with Crippen molar-refractivity contribution in [1.29, 1.82) is 5.26 Å². The van der Waals surface area contributed by atoms with Crippen molar-refractivity contribution in [3.8, 4) is 11.8 Å². The Morgan fingerprint density at radius 2 is 2.11 bits per heavy atom. The van der Waals surface area contributed by atoms with E-state index in [1.807, 2.05) is 24.3 Å². The fourth-order valence-electron chi connectivity index (χ4n) is 3.49. The molecule has 142 valence electrons. The molecule has 6 heteroatoms. The third kappa shape index (κ3) is 3.58. The molecule has 1 N–H and O–H groups in total. The number of nitriles is 1. The summed E-state index contributed by atoms with van der Waals surface area (Å²) in [6, 6.07) is 9.71. The molecule has 1 aliphatic rings. The third-order valence-corrected chi connectivity index (χ3v) is 6.05. The van der Waals surface area contributed by atoms with Crippen LogP contribution in [0, 0.1) is 11.3 Å². The van der Waals surface area contributed by atoms with Crippen molar-refractivity contribution in [1.82, 2.24) is 9.97 Å². The number of benzene rings is 1. The monoisotopic (exact) mass is 391 g/mol. The second kappa shape index (κ2) is 7.99. The number of aromatic amines is 1. The molecule has 1 aromatic carbocycles. The molecule has 0 aliphatic heterocycles. The van der Waals surface area contributed by atoms with Crippen LogP contribution in [0.25, 0.3) is 21.9 Å². The van der Waals surface area contributed by atoms with E-state index < -0.39 is 0 Å². The number of nitrogens with zero attached hydrogens (tertiary/aromatic N) is 2. The number of hydrogen-bond donors (Lipinski definition) is 1. The van der Waals surface area contributed by atoms with Crippen LogP contribution in [0.3, 0.4) is 0 Å². The van der Waals surface area contributed by atoms with Crippen LogP contribution < -0.4 is 10.3 Å². The first kappa shape index (κ1) is 18.5. The molecule has 0 radical (unpaired) electrons. The lowest BCUT2D eigenvalue weighted by Crippen LogP contribution is -2.12. The van der Waals surface area contributed by atoms with E-state index in [1.54, 1.807) is 17.4 Å². The maximum atomic E-state index is 12.7. The highest BCUT2D eigenvalue weighted by atomic mass is 32.1. The van der Waals surface area contributed by atoms with Gasteiger partial charge in [0.15, 0.2) is 5.82 Å². The molecule has 1 aliphatic carbocycles. The SMILES string of the molecule is CCCOc1ccc(C=C(C#N)c2nc3sc4c(c3c(=O)[nH]2)CCCC4)cc1. The van der Waals surface area contributed by atoms with Crippen LogP contribution in [0.5, 0.6) is 5.75 Å². The summed E-state index contributed by atoms with van der Waals surface area (Å²) >= 11 is 1.59. The van der Waals surface area contributed by atoms with Gasteiger partial charge in [-0.3, -0.25) is 4.79 Å². The molecule has 2 heterocycles. The normalized spacial score (nSPS) is 13.9. The summed E-state index contributed by atoms with van der Waals surface area (Å²) in [6.07, 6.45) is 6.91. The Labute approximate surface area is 167 Å². The van der Waals surface area contributed by atoms with Gasteiger partial charge < -0.3 is 9.72 Å². The molecule has 0 bridgehead atoms. The zero-order valence-corrected chi connectivity index (χ0v) is 16.6. The number of allylic oxidation sites excluding steroid dienone is 1. The summed E-state index contributed by atoms with van der Waals surface area (Å²) in [5.41, 5.74) is 2.20. The summed E-state index contributed by atoms with van der Waals surface area (Å²) in [7, 11) is 0. The molecule has 0 fully saturated rings. The Morgan fingerprint density at radius 1 is 1.32 bits per heavy atom. The Bertz CT molecular complexity index is 1130. The number of aryl methyl sites for hydroxylation is 2. The molecule has 3 aromatic rings. The first-order chi connectivity index (χ1) is 13.7. The highest BCUT2D eigenvalue weighted by Crippen LogP contribution is 2.34. The number of rotatable bonds is 5. The topological polar surface area (TPSA) is 78.8 Å². The van der Waals surface area contributed by atoms with Crippen LogP contribution in [0.4, 0.5) is 0 Å². The summed E-state index contributed by atoms with van der Waals surface area (Å²) in [4.78, 5) is 22.1. The van der Waals surface area contributed by atoms with Crippen molar-refractivity contribution in [2.24, 2.45) is 0 Å². The smallest absolute Gasteiger partial charge is 0.260 e. The molecule has 0 spiro atoms. The van der Waals surface area contributed by atoms with Crippen LogP contribution in [0.1, 0.15) is 48.0 Å². The summed E-state index contributed by atoms with van der Waals surface area (Å²) in [6.45, 7) is 2.74.